The summed E-state index contributed by atoms with van der Waals surface area (Å²) in [6.07, 6.45) is 0. The van der Waals surface area contributed by atoms with Crippen molar-refractivity contribution in [1.29, 1.82) is 0 Å². The number of amides is 1. The van der Waals surface area contributed by atoms with Crippen molar-refractivity contribution in [2.24, 2.45) is 0 Å². The van der Waals surface area contributed by atoms with Crippen LogP contribution in [0.15, 0.2) is 69.9 Å². The summed E-state index contributed by atoms with van der Waals surface area (Å²) in [4.78, 5) is 31.9. The maximum atomic E-state index is 13.1. The number of carbonyl (C=O) groups excluding carboxylic acids is 1. The molecule has 0 aliphatic rings. The summed E-state index contributed by atoms with van der Waals surface area (Å²) in [6.45, 7) is 1.96. The normalized spacial score (nSPS) is 11.0. The summed E-state index contributed by atoms with van der Waals surface area (Å²) >= 11 is 2.56. The molecule has 0 unspecified atom stereocenters. The predicted molar refractivity (Wildman–Crippen MR) is 120 cm³/mol. The van der Waals surface area contributed by atoms with Crippen molar-refractivity contribution in [3.8, 4) is 5.69 Å². The average Bonchev–Trinajstić information content (AvgIpc) is 3.21. The molecule has 2 aromatic heterocycles. The molecule has 5 nitrogen and oxygen atoms in total. The number of thiophene rings is 1. The van der Waals surface area contributed by atoms with Gasteiger partial charge in [0.1, 0.15) is 10.5 Å². The first-order valence-corrected chi connectivity index (χ1v) is 11.0. The molecule has 4 aromatic rings. The second-order valence-corrected chi connectivity index (χ2v) is 8.59. The number of fused-ring (bicyclic) bond motifs is 1. The number of aromatic nitrogens is 2. The van der Waals surface area contributed by atoms with E-state index in [4.69, 9.17) is 0 Å². The molecule has 2 aromatic carbocycles. The summed E-state index contributed by atoms with van der Waals surface area (Å²) < 4.78 is 15.3. The van der Waals surface area contributed by atoms with E-state index in [1.54, 1.807) is 29.8 Å². The second kappa shape index (κ2) is 8.41. The van der Waals surface area contributed by atoms with Gasteiger partial charge in [0.2, 0.25) is 5.91 Å². The molecule has 0 aliphatic carbocycles. The lowest BCUT2D eigenvalue weighted by Gasteiger charge is -2.18. The average molecular weight is 440 g/mol. The molecular formula is C22H18FN3O2S2. The van der Waals surface area contributed by atoms with Gasteiger partial charge < -0.3 is 4.90 Å². The fraction of sp³-hybridized carbons (Fsp3) is 0.136. The molecule has 1 amide bonds. The van der Waals surface area contributed by atoms with Crippen molar-refractivity contribution >= 4 is 44.9 Å². The van der Waals surface area contributed by atoms with Crippen molar-refractivity contribution in [2.75, 3.05) is 17.7 Å². The molecule has 0 saturated carbocycles. The van der Waals surface area contributed by atoms with Gasteiger partial charge in [-0.1, -0.05) is 23.9 Å². The van der Waals surface area contributed by atoms with Crippen LogP contribution < -0.4 is 10.5 Å². The van der Waals surface area contributed by atoms with E-state index in [1.807, 2.05) is 36.6 Å². The molecule has 152 valence electrons. The lowest BCUT2D eigenvalue weighted by Crippen LogP contribution is -2.28. The SMILES string of the molecule is Cc1cccc(-n2c(SCC(=O)N(C)c3ccc(F)cc3)nc3ccsc3c2=O)c1. The predicted octanol–water partition coefficient (Wildman–Crippen LogP) is 4.65. The highest BCUT2D eigenvalue weighted by molar-refractivity contribution is 7.99. The number of thioether (sulfide) groups is 1. The summed E-state index contributed by atoms with van der Waals surface area (Å²) in [7, 11) is 1.64. The van der Waals surface area contributed by atoms with E-state index in [0.29, 0.717) is 26.7 Å². The Balaban J connectivity index is 1.66. The minimum absolute atomic E-state index is 0.0851. The Morgan fingerprint density at radius 2 is 1.97 bits per heavy atom. The van der Waals surface area contributed by atoms with Crippen LogP contribution in [0.4, 0.5) is 10.1 Å². The molecule has 0 fully saturated rings. The quantitative estimate of drug-likeness (QED) is 0.336. The van der Waals surface area contributed by atoms with Crippen LogP contribution in [-0.4, -0.2) is 28.3 Å². The van der Waals surface area contributed by atoms with Gasteiger partial charge in [-0.2, -0.15) is 0 Å². The van der Waals surface area contributed by atoms with Gasteiger partial charge in [0.25, 0.3) is 5.56 Å². The first kappa shape index (κ1) is 20.3. The van der Waals surface area contributed by atoms with Crippen LogP contribution in [0.25, 0.3) is 15.9 Å². The zero-order chi connectivity index (χ0) is 21.3. The van der Waals surface area contributed by atoms with Gasteiger partial charge in [0.15, 0.2) is 5.16 Å². The van der Waals surface area contributed by atoms with Crippen molar-refractivity contribution in [3.05, 3.63) is 81.7 Å². The number of anilines is 1. The van der Waals surface area contributed by atoms with Crippen LogP contribution in [0.2, 0.25) is 0 Å². The third-order valence-electron chi connectivity index (χ3n) is 4.62. The summed E-state index contributed by atoms with van der Waals surface area (Å²) in [5.74, 6) is -0.451. The lowest BCUT2D eigenvalue weighted by molar-refractivity contribution is -0.115. The topological polar surface area (TPSA) is 55.2 Å². The van der Waals surface area contributed by atoms with Crippen LogP contribution in [0, 0.1) is 12.7 Å². The maximum Gasteiger partial charge on any atom is 0.276 e. The molecule has 0 N–H and O–H groups in total. The molecule has 4 rings (SSSR count). The number of halogens is 1. The van der Waals surface area contributed by atoms with Crippen LogP contribution in [0.1, 0.15) is 5.56 Å². The Kier molecular flexibility index (Phi) is 5.69. The van der Waals surface area contributed by atoms with Gasteiger partial charge >= 0.3 is 0 Å². The maximum absolute atomic E-state index is 13.1. The third-order valence-corrected chi connectivity index (χ3v) is 6.44. The van der Waals surface area contributed by atoms with E-state index < -0.39 is 0 Å². The van der Waals surface area contributed by atoms with Crippen molar-refractivity contribution < 1.29 is 9.18 Å². The fourth-order valence-corrected chi connectivity index (χ4v) is 4.70. The minimum Gasteiger partial charge on any atom is -0.315 e. The molecule has 30 heavy (non-hydrogen) atoms. The molecule has 2 heterocycles. The van der Waals surface area contributed by atoms with Crippen LogP contribution in [-0.2, 0) is 4.79 Å². The van der Waals surface area contributed by atoms with E-state index in [-0.39, 0.29) is 23.0 Å². The number of rotatable bonds is 5. The van der Waals surface area contributed by atoms with Gasteiger partial charge in [-0.25, -0.2) is 9.37 Å². The smallest absolute Gasteiger partial charge is 0.276 e. The lowest BCUT2D eigenvalue weighted by atomic mass is 10.2. The molecule has 0 radical (unpaired) electrons. The zero-order valence-electron chi connectivity index (χ0n) is 16.3. The first-order valence-electron chi connectivity index (χ1n) is 9.16. The summed E-state index contributed by atoms with van der Waals surface area (Å²) in [5.41, 5.74) is 2.80. The Morgan fingerprint density at radius 1 is 1.20 bits per heavy atom. The Bertz CT molecular complexity index is 1280. The molecule has 8 heteroatoms. The third kappa shape index (κ3) is 4.01. The summed E-state index contributed by atoms with van der Waals surface area (Å²) in [5, 5.41) is 2.29. The largest absolute Gasteiger partial charge is 0.315 e. The Morgan fingerprint density at radius 3 is 2.70 bits per heavy atom. The molecule has 0 spiro atoms. The van der Waals surface area contributed by atoms with Crippen LogP contribution in [0.5, 0.6) is 0 Å². The van der Waals surface area contributed by atoms with Gasteiger partial charge in [0, 0.05) is 12.7 Å². The van der Waals surface area contributed by atoms with Crippen molar-refractivity contribution in [1.82, 2.24) is 9.55 Å². The van der Waals surface area contributed by atoms with Gasteiger partial charge in [-0.15, -0.1) is 11.3 Å². The standard InChI is InChI=1S/C22H18FN3O2S2/c1-14-4-3-5-17(12-14)26-21(28)20-18(10-11-29-20)24-22(26)30-13-19(27)25(2)16-8-6-15(23)7-9-16/h3-12H,13H2,1-2H3. The Labute approximate surface area is 180 Å². The van der Waals surface area contributed by atoms with E-state index >= 15 is 0 Å². The van der Waals surface area contributed by atoms with E-state index in [1.165, 1.54) is 40.1 Å². The van der Waals surface area contributed by atoms with Gasteiger partial charge in [-0.3, -0.25) is 14.2 Å². The molecule has 0 bridgehead atoms. The van der Waals surface area contributed by atoms with E-state index in [2.05, 4.69) is 4.98 Å². The van der Waals surface area contributed by atoms with Crippen LogP contribution in [0.3, 0.4) is 0 Å². The molecule has 0 aliphatic heterocycles. The number of carbonyl (C=O) groups is 1. The number of nitrogens with zero attached hydrogens (tertiary/aromatic N) is 3. The van der Waals surface area contributed by atoms with Crippen molar-refractivity contribution in [3.63, 3.8) is 0 Å². The zero-order valence-corrected chi connectivity index (χ0v) is 18.0. The second-order valence-electron chi connectivity index (χ2n) is 6.73. The number of benzene rings is 2. The van der Waals surface area contributed by atoms with Crippen LogP contribution >= 0.6 is 23.1 Å². The van der Waals surface area contributed by atoms with Crippen molar-refractivity contribution in [2.45, 2.75) is 12.1 Å². The fourth-order valence-electron chi connectivity index (χ4n) is 3.02. The highest BCUT2D eigenvalue weighted by Crippen LogP contribution is 2.25. The summed E-state index contributed by atoms with van der Waals surface area (Å²) in [6, 6.07) is 15.1. The van der Waals surface area contributed by atoms with E-state index in [9.17, 15) is 14.0 Å². The first-order chi connectivity index (χ1) is 14.4. The highest BCUT2D eigenvalue weighted by Gasteiger charge is 2.18. The minimum atomic E-state index is -0.357. The number of hydrogen-bond acceptors (Lipinski definition) is 5. The Hall–Kier alpha value is -2.97. The monoisotopic (exact) mass is 439 g/mol. The highest BCUT2D eigenvalue weighted by atomic mass is 32.2. The number of aryl methyl sites for hydroxylation is 1. The van der Waals surface area contributed by atoms with Gasteiger partial charge in [0.05, 0.1) is 17.0 Å². The van der Waals surface area contributed by atoms with Gasteiger partial charge in [-0.05, 0) is 60.3 Å². The molecule has 0 saturated heterocycles. The molecular weight excluding hydrogens is 421 g/mol. The van der Waals surface area contributed by atoms with E-state index in [0.717, 1.165) is 5.56 Å². The number of hydrogen-bond donors (Lipinski definition) is 0. The molecule has 0 atom stereocenters.